The van der Waals surface area contributed by atoms with Crippen LogP contribution in [0.1, 0.15) is 39.7 Å². The molecule has 1 aliphatic rings. The lowest BCUT2D eigenvalue weighted by molar-refractivity contribution is -0.126. The number of carbonyl (C=O) groups excluding carboxylic acids is 2. The van der Waals surface area contributed by atoms with Crippen molar-refractivity contribution in [3.05, 3.63) is 94.9 Å². The van der Waals surface area contributed by atoms with E-state index in [4.69, 9.17) is 4.42 Å². The van der Waals surface area contributed by atoms with Crippen molar-refractivity contribution >= 4 is 17.5 Å². The van der Waals surface area contributed by atoms with E-state index >= 15 is 0 Å². The van der Waals surface area contributed by atoms with E-state index in [1.165, 1.54) is 0 Å². The second kappa shape index (κ2) is 8.58. The second-order valence-electron chi connectivity index (χ2n) is 9.40. The highest BCUT2D eigenvalue weighted by Crippen LogP contribution is 2.35. The third-order valence-corrected chi connectivity index (χ3v) is 6.70. The lowest BCUT2D eigenvalue weighted by Crippen LogP contribution is -2.64. The Labute approximate surface area is 204 Å². The first-order valence-corrected chi connectivity index (χ1v) is 11.6. The molecule has 7 heteroatoms. The summed E-state index contributed by atoms with van der Waals surface area (Å²) in [5.74, 6) is 0.0485. The van der Waals surface area contributed by atoms with Crippen molar-refractivity contribution in [2.45, 2.75) is 46.3 Å². The number of amides is 2. The third kappa shape index (κ3) is 4.03. The number of furan rings is 1. The summed E-state index contributed by atoms with van der Waals surface area (Å²) in [6.45, 7) is 8.42. The molecule has 4 aromatic rings. The Kier molecular flexibility index (Phi) is 5.55. The molecular weight excluding hydrogens is 440 g/mol. The number of fused-ring (bicyclic) bond motifs is 1. The number of carbonyl (C=O) groups is 2. The van der Waals surface area contributed by atoms with Gasteiger partial charge < -0.3 is 9.73 Å². The minimum absolute atomic E-state index is 0.210. The van der Waals surface area contributed by atoms with Crippen LogP contribution in [0, 0.1) is 20.8 Å². The Morgan fingerprint density at radius 2 is 1.89 bits per heavy atom. The zero-order valence-electron chi connectivity index (χ0n) is 20.3. The number of benzene rings is 2. The second-order valence-corrected chi connectivity index (χ2v) is 9.40. The van der Waals surface area contributed by atoms with Crippen molar-refractivity contribution in [3.63, 3.8) is 0 Å². The predicted octanol–water partition coefficient (Wildman–Crippen LogP) is 4.80. The fourth-order valence-corrected chi connectivity index (χ4v) is 4.59. The predicted molar refractivity (Wildman–Crippen MR) is 134 cm³/mol. The fourth-order valence-electron chi connectivity index (χ4n) is 4.59. The summed E-state index contributed by atoms with van der Waals surface area (Å²) in [6.07, 6.45) is 1.57. The molecule has 3 heterocycles. The summed E-state index contributed by atoms with van der Waals surface area (Å²) in [4.78, 5) is 29.2. The Morgan fingerprint density at radius 3 is 2.60 bits per heavy atom. The van der Waals surface area contributed by atoms with Gasteiger partial charge in [-0.15, -0.1) is 0 Å². The molecule has 2 aromatic carbocycles. The van der Waals surface area contributed by atoms with Crippen LogP contribution >= 0.6 is 0 Å². The number of nitrogens with zero attached hydrogens (tertiary/aromatic N) is 3. The van der Waals surface area contributed by atoms with Crippen LogP contribution in [-0.2, 0) is 17.9 Å². The number of hydrogen-bond acceptors (Lipinski definition) is 4. The lowest BCUT2D eigenvalue weighted by atomic mass is 9.93. The highest BCUT2D eigenvalue weighted by molar-refractivity contribution is 6.12. The number of aromatic nitrogens is 2. The van der Waals surface area contributed by atoms with Gasteiger partial charge in [0.25, 0.3) is 5.91 Å². The zero-order valence-corrected chi connectivity index (χ0v) is 20.3. The lowest BCUT2D eigenvalue weighted by Gasteiger charge is -2.43. The van der Waals surface area contributed by atoms with Crippen molar-refractivity contribution < 1.29 is 14.0 Å². The number of nitrogens with one attached hydrogen (secondary N) is 1. The molecule has 0 spiro atoms. The van der Waals surface area contributed by atoms with E-state index in [0.717, 1.165) is 22.3 Å². The van der Waals surface area contributed by atoms with Gasteiger partial charge in [0.15, 0.2) is 5.76 Å². The summed E-state index contributed by atoms with van der Waals surface area (Å²) in [5, 5.41) is 7.66. The van der Waals surface area contributed by atoms with Crippen LogP contribution in [0.2, 0.25) is 0 Å². The number of hydrogen-bond donors (Lipinski definition) is 1. The number of anilines is 1. The highest BCUT2D eigenvalue weighted by atomic mass is 16.3. The first-order chi connectivity index (χ1) is 16.8. The van der Waals surface area contributed by atoms with Gasteiger partial charge in [-0.25, -0.2) is 0 Å². The molecule has 1 aliphatic heterocycles. The van der Waals surface area contributed by atoms with Gasteiger partial charge in [-0.3, -0.25) is 19.2 Å². The molecule has 178 valence electrons. The molecule has 5 rings (SSSR count). The average Bonchev–Trinajstić information content (AvgIpc) is 3.50. The van der Waals surface area contributed by atoms with Crippen molar-refractivity contribution in [1.82, 2.24) is 15.1 Å². The molecule has 0 bridgehead atoms. The molecule has 0 aliphatic carbocycles. The van der Waals surface area contributed by atoms with Crippen LogP contribution in [0.15, 0.2) is 71.3 Å². The largest absolute Gasteiger partial charge is 0.463 e. The van der Waals surface area contributed by atoms with Crippen LogP contribution in [0.25, 0.3) is 11.5 Å². The molecule has 2 amide bonds. The number of aryl methyl sites for hydroxylation is 3. The minimum Gasteiger partial charge on any atom is -0.463 e. The molecule has 2 aromatic heterocycles. The molecule has 1 unspecified atom stereocenters. The smallest absolute Gasteiger partial charge is 0.277 e. The van der Waals surface area contributed by atoms with Gasteiger partial charge >= 0.3 is 0 Å². The van der Waals surface area contributed by atoms with Crippen LogP contribution in [-0.4, -0.2) is 27.1 Å². The van der Waals surface area contributed by atoms with E-state index in [9.17, 15) is 9.59 Å². The third-order valence-electron chi connectivity index (χ3n) is 6.70. The summed E-state index contributed by atoms with van der Waals surface area (Å²) in [7, 11) is 0. The standard InChI is InChI=1S/C28H28N4O3/c1-18-7-5-8-21(13-18)16-29-27(34)28(4)17-31-24(15-23(30-31)25-9-6-12-35-25)26(33)32(28)22-11-10-19(2)20(3)14-22/h5-15H,16-17H2,1-4H3,(H,29,34). The Balaban J connectivity index is 1.55. The quantitative estimate of drug-likeness (QED) is 0.456. The Hall–Kier alpha value is -4.13. The Morgan fingerprint density at radius 1 is 1.06 bits per heavy atom. The molecule has 0 radical (unpaired) electrons. The Bertz CT molecular complexity index is 1420. The topological polar surface area (TPSA) is 80.4 Å². The van der Waals surface area contributed by atoms with Gasteiger partial charge in [-0.05, 0) is 68.7 Å². The molecule has 1 N–H and O–H groups in total. The maximum absolute atomic E-state index is 13.9. The first kappa shape index (κ1) is 22.7. The maximum atomic E-state index is 13.9. The SMILES string of the molecule is Cc1cccc(CNC(=O)C2(C)Cn3nc(-c4ccco4)cc3C(=O)N2c2ccc(C)c(C)c2)c1. The molecular formula is C28H28N4O3. The molecule has 0 fully saturated rings. The van der Waals surface area contributed by atoms with Gasteiger partial charge in [0, 0.05) is 18.3 Å². The molecule has 0 saturated carbocycles. The van der Waals surface area contributed by atoms with Gasteiger partial charge in [0.1, 0.15) is 16.9 Å². The molecule has 7 nitrogen and oxygen atoms in total. The van der Waals surface area contributed by atoms with Crippen molar-refractivity contribution in [2.24, 2.45) is 0 Å². The molecule has 35 heavy (non-hydrogen) atoms. The first-order valence-electron chi connectivity index (χ1n) is 11.6. The monoisotopic (exact) mass is 468 g/mol. The van der Waals surface area contributed by atoms with Crippen LogP contribution in [0.3, 0.4) is 0 Å². The summed E-state index contributed by atoms with van der Waals surface area (Å²) in [5.41, 5.74) is 4.75. The van der Waals surface area contributed by atoms with Crippen molar-refractivity contribution in [3.8, 4) is 11.5 Å². The van der Waals surface area contributed by atoms with Crippen molar-refractivity contribution in [1.29, 1.82) is 0 Å². The summed E-state index contributed by atoms with van der Waals surface area (Å²) >= 11 is 0. The summed E-state index contributed by atoms with van der Waals surface area (Å²) < 4.78 is 7.10. The van der Waals surface area contributed by atoms with Gasteiger partial charge in [0.2, 0.25) is 5.91 Å². The fraction of sp³-hybridized carbons (Fsp3) is 0.250. The van der Waals surface area contributed by atoms with E-state index in [-0.39, 0.29) is 18.4 Å². The average molecular weight is 469 g/mol. The maximum Gasteiger partial charge on any atom is 0.277 e. The van der Waals surface area contributed by atoms with Gasteiger partial charge in [-0.2, -0.15) is 5.10 Å². The van der Waals surface area contributed by atoms with E-state index in [0.29, 0.717) is 29.4 Å². The summed E-state index contributed by atoms with van der Waals surface area (Å²) in [6, 6.07) is 19.1. The van der Waals surface area contributed by atoms with Crippen LogP contribution in [0.4, 0.5) is 5.69 Å². The molecule has 0 saturated heterocycles. The van der Waals surface area contributed by atoms with E-state index in [2.05, 4.69) is 10.4 Å². The van der Waals surface area contributed by atoms with Crippen molar-refractivity contribution in [2.75, 3.05) is 4.90 Å². The molecule has 1 atom stereocenters. The zero-order chi connectivity index (χ0) is 24.7. The van der Waals surface area contributed by atoms with Gasteiger partial charge in [-0.1, -0.05) is 35.9 Å². The van der Waals surface area contributed by atoms with E-state index < -0.39 is 5.54 Å². The van der Waals surface area contributed by atoms with Crippen LogP contribution in [0.5, 0.6) is 0 Å². The van der Waals surface area contributed by atoms with Crippen LogP contribution < -0.4 is 10.2 Å². The highest BCUT2D eigenvalue weighted by Gasteiger charge is 2.49. The van der Waals surface area contributed by atoms with Gasteiger partial charge in [0.05, 0.1) is 12.8 Å². The van der Waals surface area contributed by atoms with E-state index in [1.807, 2.05) is 63.2 Å². The minimum atomic E-state index is -1.19. The normalized spacial score (nSPS) is 17.4. The van der Waals surface area contributed by atoms with E-state index in [1.54, 1.807) is 41.0 Å². The number of rotatable bonds is 5.